The molecule has 1 saturated heterocycles. The number of H-pyrrole nitrogens is 1. The molecule has 0 radical (unpaired) electrons. The number of amides is 2. The van der Waals surface area contributed by atoms with Crippen molar-refractivity contribution in [3.05, 3.63) is 102 Å². The highest BCUT2D eigenvalue weighted by atomic mass is 16.6. The molecule has 1 aromatic heterocycles. The first-order chi connectivity index (χ1) is 18.5. The van der Waals surface area contributed by atoms with Crippen molar-refractivity contribution in [2.45, 2.75) is 44.4 Å². The molecule has 196 valence electrons. The van der Waals surface area contributed by atoms with Crippen LogP contribution in [-0.2, 0) is 29.0 Å². The molecule has 0 saturated carbocycles. The maximum atomic E-state index is 13.7. The van der Waals surface area contributed by atoms with Crippen molar-refractivity contribution in [3.8, 4) is 0 Å². The van der Waals surface area contributed by atoms with Crippen LogP contribution in [0.15, 0.2) is 85.1 Å². The van der Waals surface area contributed by atoms with Crippen molar-refractivity contribution in [3.63, 3.8) is 0 Å². The van der Waals surface area contributed by atoms with Crippen LogP contribution in [0.5, 0.6) is 0 Å². The Hall–Kier alpha value is -3.94. The number of anilines is 1. The third kappa shape index (κ3) is 5.79. The minimum atomic E-state index is -0.907. The van der Waals surface area contributed by atoms with E-state index in [2.05, 4.69) is 16.9 Å². The molecule has 7 heteroatoms. The van der Waals surface area contributed by atoms with E-state index < -0.39 is 18.0 Å². The third-order valence-corrected chi connectivity index (χ3v) is 7.36. The number of ether oxygens (including phenoxy) is 1. The fraction of sp³-hybridized carbons (Fsp3) is 0.290. The average Bonchev–Trinajstić information content (AvgIpc) is 3.54. The second kappa shape index (κ2) is 11.6. The number of aromatic nitrogens is 1. The first kappa shape index (κ1) is 25.7. The van der Waals surface area contributed by atoms with Gasteiger partial charge >= 0.3 is 6.09 Å². The first-order valence-electron chi connectivity index (χ1n) is 13.1. The van der Waals surface area contributed by atoms with E-state index in [0.29, 0.717) is 18.2 Å². The highest BCUT2D eigenvalue weighted by Crippen LogP contribution is 2.29. The molecular formula is C31H34N4O3. The summed E-state index contributed by atoms with van der Waals surface area (Å²) in [6, 6.07) is 24.1. The lowest BCUT2D eigenvalue weighted by molar-refractivity contribution is -0.119. The third-order valence-electron chi connectivity index (χ3n) is 7.36. The molecule has 3 aromatic carbocycles. The Morgan fingerprint density at radius 3 is 2.45 bits per heavy atom. The maximum Gasteiger partial charge on any atom is 0.421 e. The summed E-state index contributed by atoms with van der Waals surface area (Å²) in [6.45, 7) is 1.16. The van der Waals surface area contributed by atoms with Crippen LogP contribution in [0.3, 0.4) is 0 Å². The number of aromatic amines is 1. The Morgan fingerprint density at radius 2 is 1.76 bits per heavy atom. The summed E-state index contributed by atoms with van der Waals surface area (Å²) in [4.78, 5) is 33.9. The number of carbonyl (C=O) groups is 2. The Labute approximate surface area is 223 Å². The Balaban J connectivity index is 1.43. The molecule has 2 atom stereocenters. The van der Waals surface area contributed by atoms with Crippen LogP contribution >= 0.6 is 0 Å². The standard InChI is InChI=1S/C31H34N4O3/c1-34-16-8-13-25(34)18-24-20-33-29-15-14-26(19-27(24)29)35(31(37)38-21-23-11-6-3-7-12-23)30(36)28(32)17-22-9-4-2-5-10-22/h2-7,9-12,14-15,19-20,25,28,33H,8,13,16-18,21,32H2,1H3/t25-,28+/m1/s1. The van der Waals surface area contributed by atoms with E-state index in [9.17, 15) is 9.59 Å². The summed E-state index contributed by atoms with van der Waals surface area (Å²) in [6.07, 6.45) is 4.86. The monoisotopic (exact) mass is 510 g/mol. The van der Waals surface area contributed by atoms with Crippen LogP contribution < -0.4 is 10.6 Å². The quantitative estimate of drug-likeness (QED) is 0.346. The number of nitrogens with one attached hydrogen (secondary N) is 1. The zero-order valence-corrected chi connectivity index (χ0v) is 21.7. The topological polar surface area (TPSA) is 91.7 Å². The van der Waals surface area contributed by atoms with Crippen molar-refractivity contribution in [1.82, 2.24) is 9.88 Å². The van der Waals surface area contributed by atoms with Gasteiger partial charge in [-0.3, -0.25) is 4.79 Å². The van der Waals surface area contributed by atoms with Gasteiger partial charge < -0.3 is 20.4 Å². The molecule has 3 N–H and O–H groups in total. The lowest BCUT2D eigenvalue weighted by atomic mass is 10.0. The SMILES string of the molecule is CN1CCC[C@@H]1Cc1c[nH]c2ccc(N(C(=O)OCc3ccccc3)C(=O)[C@@H](N)Cc3ccccc3)cc12. The molecule has 2 heterocycles. The summed E-state index contributed by atoms with van der Waals surface area (Å²) in [7, 11) is 2.16. The van der Waals surface area contributed by atoms with E-state index in [1.54, 1.807) is 6.07 Å². The van der Waals surface area contributed by atoms with Crippen molar-refractivity contribution >= 4 is 28.6 Å². The van der Waals surface area contributed by atoms with E-state index in [1.807, 2.05) is 79.0 Å². The fourth-order valence-corrected chi connectivity index (χ4v) is 5.19. The molecule has 1 aliphatic heterocycles. The van der Waals surface area contributed by atoms with Crippen LogP contribution in [0.25, 0.3) is 10.9 Å². The number of rotatable bonds is 8. The molecule has 1 fully saturated rings. The number of likely N-dealkylation sites (N-methyl/N-ethyl adjacent to an activating group) is 1. The summed E-state index contributed by atoms with van der Waals surface area (Å²) in [5.41, 5.74) is 10.7. The number of likely N-dealkylation sites (tertiary alicyclic amines) is 1. The zero-order valence-electron chi connectivity index (χ0n) is 21.7. The van der Waals surface area contributed by atoms with Crippen LogP contribution in [0, 0.1) is 0 Å². The van der Waals surface area contributed by atoms with E-state index in [4.69, 9.17) is 10.5 Å². The largest absolute Gasteiger partial charge is 0.444 e. The maximum absolute atomic E-state index is 13.7. The second-order valence-electron chi connectivity index (χ2n) is 10.0. The average molecular weight is 511 g/mol. The number of benzene rings is 3. The van der Waals surface area contributed by atoms with Gasteiger partial charge in [0, 0.05) is 23.1 Å². The normalized spacial score (nSPS) is 16.4. The number of carbonyl (C=O) groups excluding carboxylic acids is 2. The molecular weight excluding hydrogens is 476 g/mol. The lowest BCUT2D eigenvalue weighted by Crippen LogP contribution is -2.48. The molecule has 0 bridgehead atoms. The molecule has 4 aromatic rings. The lowest BCUT2D eigenvalue weighted by Gasteiger charge is -2.24. The number of imide groups is 1. The number of hydrogen-bond acceptors (Lipinski definition) is 5. The predicted octanol–water partition coefficient (Wildman–Crippen LogP) is 5.04. The molecule has 0 aliphatic carbocycles. The molecule has 7 nitrogen and oxygen atoms in total. The summed E-state index contributed by atoms with van der Waals surface area (Å²) in [5.74, 6) is -0.501. The van der Waals surface area contributed by atoms with Gasteiger partial charge in [0.05, 0.1) is 11.7 Å². The van der Waals surface area contributed by atoms with Crippen molar-refractivity contribution in [2.24, 2.45) is 5.73 Å². The van der Waals surface area contributed by atoms with Gasteiger partial charge in [-0.25, -0.2) is 9.69 Å². The van der Waals surface area contributed by atoms with Crippen molar-refractivity contribution < 1.29 is 14.3 Å². The minimum absolute atomic E-state index is 0.0586. The van der Waals surface area contributed by atoms with Crippen LogP contribution in [0.1, 0.15) is 29.5 Å². The van der Waals surface area contributed by atoms with Gasteiger partial charge in [0.15, 0.2) is 0 Å². The molecule has 5 rings (SSSR count). The van der Waals surface area contributed by atoms with Crippen molar-refractivity contribution in [2.75, 3.05) is 18.5 Å². The summed E-state index contributed by atoms with van der Waals surface area (Å²) < 4.78 is 5.61. The van der Waals surface area contributed by atoms with Gasteiger partial charge in [-0.05, 0) is 74.2 Å². The molecule has 38 heavy (non-hydrogen) atoms. The zero-order chi connectivity index (χ0) is 26.5. The minimum Gasteiger partial charge on any atom is -0.444 e. The Kier molecular flexibility index (Phi) is 7.86. The predicted molar refractivity (Wildman–Crippen MR) is 150 cm³/mol. The molecule has 0 unspecified atom stereocenters. The highest BCUT2D eigenvalue weighted by Gasteiger charge is 2.30. The fourth-order valence-electron chi connectivity index (χ4n) is 5.19. The molecule has 2 amide bonds. The molecule has 0 spiro atoms. The van der Waals surface area contributed by atoms with Gasteiger partial charge in [0.1, 0.15) is 6.61 Å². The Morgan fingerprint density at radius 1 is 1.05 bits per heavy atom. The van der Waals surface area contributed by atoms with Crippen molar-refractivity contribution in [1.29, 1.82) is 0 Å². The number of hydrogen-bond donors (Lipinski definition) is 2. The summed E-state index contributed by atoms with van der Waals surface area (Å²) in [5, 5.41) is 0.994. The van der Waals surface area contributed by atoms with Gasteiger partial charge in [0.25, 0.3) is 5.91 Å². The van der Waals surface area contributed by atoms with E-state index in [1.165, 1.54) is 12.0 Å². The number of fused-ring (bicyclic) bond motifs is 1. The van der Waals surface area contributed by atoms with Crippen LogP contribution in [0.2, 0.25) is 0 Å². The smallest absolute Gasteiger partial charge is 0.421 e. The Bertz CT molecular complexity index is 1390. The van der Waals surface area contributed by atoms with Gasteiger partial charge in [-0.15, -0.1) is 0 Å². The van der Waals surface area contributed by atoms with E-state index in [0.717, 1.165) is 46.3 Å². The highest BCUT2D eigenvalue weighted by molar-refractivity contribution is 6.15. The number of nitrogens with zero attached hydrogens (tertiary/aromatic N) is 2. The van der Waals surface area contributed by atoms with Gasteiger partial charge in [0.2, 0.25) is 0 Å². The van der Waals surface area contributed by atoms with E-state index >= 15 is 0 Å². The van der Waals surface area contributed by atoms with E-state index in [-0.39, 0.29) is 6.61 Å². The first-order valence-corrected chi connectivity index (χ1v) is 13.1. The number of nitrogens with two attached hydrogens (primary N) is 1. The second-order valence-corrected chi connectivity index (χ2v) is 10.0. The van der Waals surface area contributed by atoms with Crippen LogP contribution in [0.4, 0.5) is 10.5 Å². The molecule has 1 aliphatic rings. The van der Waals surface area contributed by atoms with Gasteiger partial charge in [-0.2, -0.15) is 0 Å². The summed E-state index contributed by atoms with van der Waals surface area (Å²) >= 11 is 0. The van der Waals surface area contributed by atoms with Gasteiger partial charge in [-0.1, -0.05) is 60.7 Å². The van der Waals surface area contributed by atoms with Crippen LogP contribution in [-0.4, -0.2) is 47.6 Å².